The van der Waals surface area contributed by atoms with Crippen LogP contribution in [-0.2, 0) is 6.54 Å². The standard InChI is InChI=1S/C25H17Cl2N3O3/c26-16-7-8-17(18(27)11-16)24-21-22(15-4-2-1-3-5-15)28-29-23(21)25(31)30(24)12-14-6-9-19-20(10-14)33-13-32-19/h1-11,24H,12-13H2,(H,28,29). The summed E-state index contributed by atoms with van der Waals surface area (Å²) in [6, 6.07) is 20.4. The lowest BCUT2D eigenvalue weighted by Gasteiger charge is -2.27. The van der Waals surface area contributed by atoms with E-state index in [1.165, 1.54) is 0 Å². The number of aromatic nitrogens is 2. The molecule has 0 saturated carbocycles. The van der Waals surface area contributed by atoms with Crippen LogP contribution in [0.15, 0.2) is 66.7 Å². The van der Waals surface area contributed by atoms with Gasteiger partial charge in [0.15, 0.2) is 11.5 Å². The fourth-order valence-electron chi connectivity index (χ4n) is 4.46. The molecule has 0 fully saturated rings. The molecule has 0 bridgehead atoms. The fraction of sp³-hybridized carbons (Fsp3) is 0.120. The zero-order valence-electron chi connectivity index (χ0n) is 17.2. The molecule has 1 N–H and O–H groups in total. The van der Waals surface area contributed by atoms with Gasteiger partial charge in [0.25, 0.3) is 5.91 Å². The van der Waals surface area contributed by atoms with Gasteiger partial charge in [0.2, 0.25) is 6.79 Å². The highest BCUT2D eigenvalue weighted by atomic mass is 35.5. The molecule has 164 valence electrons. The first-order chi connectivity index (χ1) is 16.1. The van der Waals surface area contributed by atoms with Crippen molar-refractivity contribution in [3.63, 3.8) is 0 Å². The summed E-state index contributed by atoms with van der Waals surface area (Å²) >= 11 is 12.8. The van der Waals surface area contributed by atoms with Crippen molar-refractivity contribution in [2.45, 2.75) is 12.6 Å². The molecule has 0 aliphatic carbocycles. The van der Waals surface area contributed by atoms with E-state index in [4.69, 9.17) is 32.7 Å². The summed E-state index contributed by atoms with van der Waals surface area (Å²) in [5, 5.41) is 8.48. The normalized spacial score (nSPS) is 16.4. The molecular formula is C25H17Cl2N3O3. The maximum absolute atomic E-state index is 13.6. The average molecular weight is 478 g/mol. The number of H-pyrrole nitrogens is 1. The number of hydrogen-bond acceptors (Lipinski definition) is 4. The van der Waals surface area contributed by atoms with Crippen molar-refractivity contribution in [1.29, 1.82) is 0 Å². The average Bonchev–Trinajstić information content (AvgIpc) is 3.52. The summed E-state index contributed by atoms with van der Waals surface area (Å²) in [5.41, 5.74) is 4.61. The number of nitrogens with one attached hydrogen (secondary N) is 1. The topological polar surface area (TPSA) is 67.5 Å². The molecule has 0 saturated heterocycles. The Bertz CT molecular complexity index is 1390. The molecule has 3 aromatic carbocycles. The van der Waals surface area contributed by atoms with Crippen molar-refractivity contribution in [3.05, 3.63) is 99.2 Å². The van der Waals surface area contributed by atoms with Crippen LogP contribution in [0.4, 0.5) is 0 Å². The van der Waals surface area contributed by atoms with E-state index < -0.39 is 6.04 Å². The smallest absolute Gasteiger partial charge is 0.273 e. The molecule has 8 heteroatoms. The van der Waals surface area contributed by atoms with Gasteiger partial charge in [-0.2, -0.15) is 5.10 Å². The monoisotopic (exact) mass is 477 g/mol. The molecule has 33 heavy (non-hydrogen) atoms. The van der Waals surface area contributed by atoms with Gasteiger partial charge in [-0.25, -0.2) is 0 Å². The lowest BCUT2D eigenvalue weighted by molar-refractivity contribution is 0.0730. The zero-order chi connectivity index (χ0) is 22.5. The van der Waals surface area contributed by atoms with Crippen LogP contribution >= 0.6 is 23.2 Å². The Morgan fingerprint density at radius 3 is 2.64 bits per heavy atom. The summed E-state index contributed by atoms with van der Waals surface area (Å²) in [4.78, 5) is 15.4. The van der Waals surface area contributed by atoms with E-state index in [0.717, 1.165) is 27.9 Å². The van der Waals surface area contributed by atoms with Gasteiger partial charge in [0, 0.05) is 27.7 Å². The highest BCUT2D eigenvalue weighted by Crippen LogP contribution is 2.46. The lowest BCUT2D eigenvalue weighted by atomic mass is 9.96. The Balaban J connectivity index is 1.48. The Morgan fingerprint density at radius 1 is 1.00 bits per heavy atom. The summed E-state index contributed by atoms with van der Waals surface area (Å²) in [6.07, 6.45) is 0. The number of aromatic amines is 1. The van der Waals surface area contributed by atoms with E-state index in [2.05, 4.69) is 10.2 Å². The van der Waals surface area contributed by atoms with Gasteiger partial charge in [-0.15, -0.1) is 0 Å². The molecule has 6 nitrogen and oxygen atoms in total. The Labute approximate surface area is 199 Å². The third-order valence-electron chi connectivity index (χ3n) is 5.96. The number of carbonyl (C=O) groups is 1. The Hall–Kier alpha value is -3.48. The van der Waals surface area contributed by atoms with Gasteiger partial charge in [-0.3, -0.25) is 9.89 Å². The molecule has 1 atom stereocenters. The largest absolute Gasteiger partial charge is 0.454 e. The van der Waals surface area contributed by atoms with Gasteiger partial charge in [-0.1, -0.05) is 65.7 Å². The second kappa shape index (κ2) is 7.83. The predicted molar refractivity (Wildman–Crippen MR) is 125 cm³/mol. The number of rotatable bonds is 4. The van der Waals surface area contributed by atoms with Crippen LogP contribution in [0.1, 0.15) is 33.2 Å². The Kier molecular flexibility index (Phi) is 4.78. The van der Waals surface area contributed by atoms with Gasteiger partial charge < -0.3 is 14.4 Å². The SMILES string of the molecule is O=C1c2[nH]nc(-c3ccccc3)c2C(c2ccc(Cl)cc2Cl)N1Cc1ccc2c(c1)OCO2. The van der Waals surface area contributed by atoms with Crippen molar-refractivity contribution >= 4 is 29.1 Å². The number of fused-ring (bicyclic) bond motifs is 2. The number of halogens is 2. The summed E-state index contributed by atoms with van der Waals surface area (Å²) < 4.78 is 10.9. The predicted octanol–water partition coefficient (Wildman–Crippen LogP) is 5.86. The molecule has 1 amide bonds. The number of carbonyl (C=O) groups excluding carboxylic acids is 1. The Morgan fingerprint density at radius 2 is 1.82 bits per heavy atom. The number of benzene rings is 3. The first-order valence-corrected chi connectivity index (χ1v) is 11.1. The van der Waals surface area contributed by atoms with Crippen molar-refractivity contribution < 1.29 is 14.3 Å². The van der Waals surface area contributed by atoms with Gasteiger partial charge in [-0.05, 0) is 35.4 Å². The number of nitrogens with zero attached hydrogens (tertiary/aromatic N) is 2. The fourth-order valence-corrected chi connectivity index (χ4v) is 4.97. The van der Waals surface area contributed by atoms with E-state index >= 15 is 0 Å². The number of hydrogen-bond donors (Lipinski definition) is 1. The zero-order valence-corrected chi connectivity index (χ0v) is 18.7. The van der Waals surface area contributed by atoms with Crippen molar-refractivity contribution in [3.8, 4) is 22.8 Å². The molecule has 3 heterocycles. The molecule has 1 unspecified atom stereocenters. The minimum Gasteiger partial charge on any atom is -0.454 e. The molecule has 4 aromatic rings. The van der Waals surface area contributed by atoms with Crippen molar-refractivity contribution in [1.82, 2.24) is 15.1 Å². The summed E-state index contributed by atoms with van der Waals surface area (Å²) in [7, 11) is 0. The molecule has 1 aromatic heterocycles. The first kappa shape index (κ1) is 20.1. The number of amides is 1. The lowest BCUT2D eigenvalue weighted by Crippen LogP contribution is -2.29. The van der Waals surface area contributed by atoms with E-state index in [9.17, 15) is 4.79 Å². The van der Waals surface area contributed by atoms with E-state index in [1.54, 1.807) is 17.0 Å². The van der Waals surface area contributed by atoms with E-state index in [1.807, 2.05) is 54.6 Å². The number of ether oxygens (including phenoxy) is 2. The third-order valence-corrected chi connectivity index (χ3v) is 6.52. The van der Waals surface area contributed by atoms with Gasteiger partial charge in [0.1, 0.15) is 5.69 Å². The molecular weight excluding hydrogens is 461 g/mol. The molecule has 6 rings (SSSR count). The molecule has 0 radical (unpaired) electrons. The first-order valence-electron chi connectivity index (χ1n) is 10.4. The van der Waals surface area contributed by atoms with E-state index in [0.29, 0.717) is 33.8 Å². The minimum absolute atomic E-state index is 0.145. The highest BCUT2D eigenvalue weighted by Gasteiger charge is 2.43. The molecule has 0 spiro atoms. The second-order valence-electron chi connectivity index (χ2n) is 7.92. The molecule has 2 aliphatic heterocycles. The van der Waals surface area contributed by atoms with E-state index in [-0.39, 0.29) is 12.7 Å². The van der Waals surface area contributed by atoms with Crippen LogP contribution in [-0.4, -0.2) is 27.8 Å². The minimum atomic E-state index is -0.434. The van der Waals surface area contributed by atoms with Crippen LogP contribution < -0.4 is 9.47 Å². The van der Waals surface area contributed by atoms with Crippen LogP contribution in [0, 0.1) is 0 Å². The van der Waals surface area contributed by atoms with Crippen LogP contribution in [0.2, 0.25) is 10.0 Å². The van der Waals surface area contributed by atoms with Gasteiger partial charge >= 0.3 is 0 Å². The maximum Gasteiger partial charge on any atom is 0.273 e. The van der Waals surface area contributed by atoms with Crippen LogP contribution in [0.5, 0.6) is 11.5 Å². The van der Waals surface area contributed by atoms with Crippen molar-refractivity contribution in [2.75, 3.05) is 6.79 Å². The summed E-state index contributed by atoms with van der Waals surface area (Å²) in [5.74, 6) is 1.23. The third kappa shape index (κ3) is 3.34. The quantitative estimate of drug-likeness (QED) is 0.399. The van der Waals surface area contributed by atoms with Gasteiger partial charge in [0.05, 0.1) is 11.7 Å². The second-order valence-corrected chi connectivity index (χ2v) is 8.76. The summed E-state index contributed by atoms with van der Waals surface area (Å²) in [6.45, 7) is 0.553. The van der Waals surface area contributed by atoms with Crippen molar-refractivity contribution in [2.24, 2.45) is 0 Å². The maximum atomic E-state index is 13.6. The van der Waals surface area contributed by atoms with Crippen LogP contribution in [0.3, 0.4) is 0 Å². The molecule has 2 aliphatic rings. The van der Waals surface area contributed by atoms with Crippen LogP contribution in [0.25, 0.3) is 11.3 Å². The highest BCUT2D eigenvalue weighted by molar-refractivity contribution is 6.35.